The predicted octanol–water partition coefficient (Wildman–Crippen LogP) is 1.68. The summed E-state index contributed by atoms with van der Waals surface area (Å²) in [7, 11) is 0. The van der Waals surface area contributed by atoms with Crippen LogP contribution in [-0.2, 0) is 0 Å². The van der Waals surface area contributed by atoms with Crippen molar-refractivity contribution in [3.63, 3.8) is 0 Å². The monoisotopic (exact) mass is 303 g/mol. The number of likely N-dealkylation sites (tertiary alicyclic amines) is 1. The van der Waals surface area contributed by atoms with Gasteiger partial charge in [0.15, 0.2) is 5.82 Å². The highest BCUT2D eigenvalue weighted by molar-refractivity contribution is 5.40. The summed E-state index contributed by atoms with van der Waals surface area (Å²) in [5, 5.41) is 12.2. The number of nitrogens with one attached hydrogen (secondary N) is 1. The molecule has 0 unspecified atom stereocenters. The number of rotatable bonds is 5. The van der Waals surface area contributed by atoms with Crippen LogP contribution in [0.5, 0.6) is 0 Å². The molecule has 122 valence electrons. The van der Waals surface area contributed by atoms with Gasteiger partial charge in [-0.3, -0.25) is 0 Å². The van der Waals surface area contributed by atoms with E-state index in [0.717, 1.165) is 37.1 Å². The number of piperidine rings is 1. The highest BCUT2D eigenvalue weighted by Gasteiger charge is 2.29. The largest absolute Gasteiger partial charge is 0.354 e. The Morgan fingerprint density at radius 1 is 1.18 bits per heavy atom. The molecule has 22 heavy (non-hydrogen) atoms. The zero-order valence-electron chi connectivity index (χ0n) is 14.1. The number of nitrogens with zero attached hydrogens (tertiary/aromatic N) is 4. The van der Waals surface area contributed by atoms with Gasteiger partial charge >= 0.3 is 0 Å². The maximum absolute atomic E-state index is 4.26. The summed E-state index contributed by atoms with van der Waals surface area (Å²) in [5.41, 5.74) is 0.982. The number of aromatic nitrogens is 2. The maximum Gasteiger partial charge on any atom is 0.151 e. The summed E-state index contributed by atoms with van der Waals surface area (Å²) in [6.07, 6.45) is 2.58. The Labute approximate surface area is 134 Å². The van der Waals surface area contributed by atoms with E-state index in [2.05, 4.69) is 45.2 Å². The van der Waals surface area contributed by atoms with Gasteiger partial charge in [-0.2, -0.15) is 5.10 Å². The van der Waals surface area contributed by atoms with Gasteiger partial charge in [0.05, 0.1) is 5.69 Å². The van der Waals surface area contributed by atoms with Crippen LogP contribution in [0.2, 0.25) is 0 Å². The van der Waals surface area contributed by atoms with Crippen LogP contribution >= 0.6 is 0 Å². The molecule has 1 N–H and O–H groups in total. The van der Waals surface area contributed by atoms with Crippen molar-refractivity contribution in [2.75, 3.05) is 37.6 Å². The highest BCUT2D eigenvalue weighted by Crippen LogP contribution is 2.22. The first-order chi connectivity index (χ1) is 10.6. The van der Waals surface area contributed by atoms with E-state index in [1.807, 2.05) is 13.0 Å². The molecule has 0 amide bonds. The van der Waals surface area contributed by atoms with Crippen LogP contribution in [0.1, 0.15) is 32.4 Å². The summed E-state index contributed by atoms with van der Waals surface area (Å²) >= 11 is 0. The van der Waals surface area contributed by atoms with Gasteiger partial charge in [0, 0.05) is 37.6 Å². The molecule has 2 saturated heterocycles. The van der Waals surface area contributed by atoms with Crippen LogP contribution in [0.25, 0.3) is 0 Å². The van der Waals surface area contributed by atoms with Crippen molar-refractivity contribution in [3.05, 3.63) is 17.8 Å². The fourth-order valence-electron chi connectivity index (χ4n) is 3.40. The Balaban J connectivity index is 1.34. The molecule has 0 saturated carbocycles. The Kier molecular flexibility index (Phi) is 4.93. The Bertz CT molecular complexity index is 458. The zero-order valence-corrected chi connectivity index (χ0v) is 14.1. The minimum atomic E-state index is 0.691. The second kappa shape index (κ2) is 6.92. The minimum Gasteiger partial charge on any atom is -0.354 e. The molecule has 0 aliphatic carbocycles. The minimum absolute atomic E-state index is 0.691. The van der Waals surface area contributed by atoms with E-state index in [1.165, 1.54) is 25.9 Å². The number of aryl methyl sites for hydroxylation is 1. The van der Waals surface area contributed by atoms with Crippen LogP contribution < -0.4 is 10.2 Å². The first-order valence-electron chi connectivity index (χ1n) is 8.64. The van der Waals surface area contributed by atoms with Gasteiger partial charge in [-0.25, -0.2) is 0 Å². The van der Waals surface area contributed by atoms with Gasteiger partial charge in [-0.05, 0) is 58.8 Å². The summed E-state index contributed by atoms with van der Waals surface area (Å²) in [6.45, 7) is 12.4. The van der Waals surface area contributed by atoms with E-state index in [-0.39, 0.29) is 0 Å². The van der Waals surface area contributed by atoms with Crippen LogP contribution in [0, 0.1) is 12.8 Å². The maximum atomic E-state index is 4.26. The lowest BCUT2D eigenvalue weighted by molar-refractivity contribution is 0.158. The van der Waals surface area contributed by atoms with Crippen molar-refractivity contribution in [2.24, 2.45) is 5.92 Å². The smallest absolute Gasteiger partial charge is 0.151 e. The van der Waals surface area contributed by atoms with Gasteiger partial charge in [0.2, 0.25) is 0 Å². The number of anilines is 1. The van der Waals surface area contributed by atoms with E-state index in [1.54, 1.807) is 0 Å². The second-order valence-corrected chi connectivity index (χ2v) is 7.12. The first kappa shape index (κ1) is 15.7. The molecule has 3 heterocycles. The van der Waals surface area contributed by atoms with Crippen LogP contribution in [0.3, 0.4) is 0 Å². The molecule has 5 nitrogen and oxygen atoms in total. The molecule has 5 heteroatoms. The van der Waals surface area contributed by atoms with Crippen molar-refractivity contribution < 1.29 is 0 Å². The van der Waals surface area contributed by atoms with Crippen molar-refractivity contribution >= 4 is 5.82 Å². The van der Waals surface area contributed by atoms with Crippen LogP contribution in [0.15, 0.2) is 12.1 Å². The zero-order chi connectivity index (χ0) is 15.5. The third kappa shape index (κ3) is 3.76. The Morgan fingerprint density at radius 2 is 1.91 bits per heavy atom. The summed E-state index contributed by atoms with van der Waals surface area (Å²) < 4.78 is 0. The third-order valence-corrected chi connectivity index (χ3v) is 5.02. The van der Waals surface area contributed by atoms with Crippen LogP contribution in [-0.4, -0.2) is 59.9 Å². The van der Waals surface area contributed by atoms with Crippen molar-refractivity contribution in [3.8, 4) is 0 Å². The lowest BCUT2D eigenvalue weighted by atomic mass is 9.98. The molecule has 0 atom stereocenters. The molecule has 2 aliphatic heterocycles. The SMILES string of the molecule is Cc1ccc(N2CC(CNC3CCN(C(C)C)CC3)C2)nn1. The molecule has 3 rings (SSSR count). The fourth-order valence-corrected chi connectivity index (χ4v) is 3.40. The lowest BCUT2D eigenvalue weighted by Crippen LogP contribution is -2.53. The van der Waals surface area contributed by atoms with E-state index in [4.69, 9.17) is 0 Å². The standard InChI is InChI=1S/C17H29N5/c1-13(2)21-8-6-16(7-9-21)18-10-15-11-22(12-15)17-5-4-14(3)19-20-17/h4-5,13,15-16,18H,6-12H2,1-3H3. The molecule has 1 aromatic rings. The van der Waals surface area contributed by atoms with E-state index in [9.17, 15) is 0 Å². The van der Waals surface area contributed by atoms with Gasteiger partial charge in [0.25, 0.3) is 0 Å². The van der Waals surface area contributed by atoms with E-state index < -0.39 is 0 Å². The predicted molar refractivity (Wildman–Crippen MR) is 90.2 cm³/mol. The molecular weight excluding hydrogens is 274 g/mol. The molecule has 1 aromatic heterocycles. The molecule has 0 aromatic carbocycles. The van der Waals surface area contributed by atoms with E-state index >= 15 is 0 Å². The summed E-state index contributed by atoms with van der Waals surface area (Å²) in [4.78, 5) is 4.90. The topological polar surface area (TPSA) is 44.3 Å². The average molecular weight is 303 g/mol. The lowest BCUT2D eigenvalue weighted by Gasteiger charge is -2.41. The van der Waals surface area contributed by atoms with Crippen molar-refractivity contribution in [1.29, 1.82) is 0 Å². The molecule has 0 radical (unpaired) electrons. The van der Waals surface area contributed by atoms with Crippen molar-refractivity contribution in [1.82, 2.24) is 20.4 Å². The Hall–Kier alpha value is -1.20. The quantitative estimate of drug-likeness (QED) is 0.897. The van der Waals surface area contributed by atoms with Crippen LogP contribution in [0.4, 0.5) is 5.82 Å². The Morgan fingerprint density at radius 3 is 2.50 bits per heavy atom. The molecule has 2 fully saturated rings. The van der Waals surface area contributed by atoms with Gasteiger partial charge < -0.3 is 15.1 Å². The first-order valence-corrected chi connectivity index (χ1v) is 8.64. The number of hydrogen-bond acceptors (Lipinski definition) is 5. The third-order valence-electron chi connectivity index (χ3n) is 5.02. The number of hydrogen-bond donors (Lipinski definition) is 1. The molecule has 0 bridgehead atoms. The summed E-state index contributed by atoms with van der Waals surface area (Å²) in [5.74, 6) is 1.78. The normalized spacial score (nSPS) is 21.4. The van der Waals surface area contributed by atoms with Gasteiger partial charge in [-0.15, -0.1) is 5.10 Å². The fraction of sp³-hybridized carbons (Fsp3) is 0.765. The van der Waals surface area contributed by atoms with Gasteiger partial charge in [-0.1, -0.05) is 0 Å². The van der Waals surface area contributed by atoms with Gasteiger partial charge in [0.1, 0.15) is 0 Å². The van der Waals surface area contributed by atoms with E-state index in [0.29, 0.717) is 12.1 Å². The summed E-state index contributed by atoms with van der Waals surface area (Å²) in [6, 6.07) is 5.52. The molecule has 2 aliphatic rings. The highest BCUT2D eigenvalue weighted by atomic mass is 15.3. The molecule has 0 spiro atoms. The average Bonchev–Trinajstić information content (AvgIpc) is 2.48. The van der Waals surface area contributed by atoms with Crippen molar-refractivity contribution in [2.45, 2.75) is 45.7 Å². The second-order valence-electron chi connectivity index (χ2n) is 7.12. The molecular formula is C17H29N5.